The second kappa shape index (κ2) is 13.7. The Bertz CT molecular complexity index is 343. The number of carboxylic acids is 2. The molecule has 0 aromatic rings. The van der Waals surface area contributed by atoms with E-state index in [2.05, 4.69) is 6.92 Å². The first-order valence-corrected chi connectivity index (χ1v) is 8.82. The van der Waals surface area contributed by atoms with Gasteiger partial charge in [-0.05, 0) is 12.8 Å². The van der Waals surface area contributed by atoms with Crippen LogP contribution in [0.25, 0.3) is 0 Å². The van der Waals surface area contributed by atoms with Crippen molar-refractivity contribution >= 4 is 11.9 Å². The van der Waals surface area contributed by atoms with Crippen LogP contribution in [-0.4, -0.2) is 52.0 Å². The zero-order chi connectivity index (χ0) is 17.9. The van der Waals surface area contributed by atoms with Crippen LogP contribution in [0.4, 0.5) is 0 Å². The second-order valence-electron chi connectivity index (χ2n) is 6.24. The Balaban J connectivity index is 0. The number of hydrogen-bond acceptors (Lipinski definition) is 4. The molecule has 6 nitrogen and oxygen atoms in total. The summed E-state index contributed by atoms with van der Waals surface area (Å²) in [5, 5.41) is 31.0. The van der Waals surface area contributed by atoms with E-state index in [0.29, 0.717) is 13.0 Å². The first-order chi connectivity index (χ1) is 10.9. The third kappa shape index (κ3) is 7.14. The van der Waals surface area contributed by atoms with Crippen molar-refractivity contribution in [2.75, 3.05) is 13.3 Å². The van der Waals surface area contributed by atoms with Gasteiger partial charge in [0.2, 0.25) is 0 Å². The normalized spacial score (nSPS) is 15.8. The van der Waals surface area contributed by atoms with Crippen molar-refractivity contribution in [2.24, 2.45) is 0 Å². The fourth-order valence-electron chi connectivity index (χ4n) is 3.48. The summed E-state index contributed by atoms with van der Waals surface area (Å²) in [6.07, 6.45) is 6.63. The molecule has 0 heterocycles. The number of aliphatic hydroxyl groups is 1. The quantitative estimate of drug-likeness (QED) is 0.174. The summed E-state index contributed by atoms with van der Waals surface area (Å²) in [6.45, 7) is 5.40. The van der Waals surface area contributed by atoms with E-state index in [1.807, 2.05) is 0 Å². The zero-order valence-electron chi connectivity index (χ0n) is 15.8. The number of nitrogens with zero attached hydrogens (tertiary/aromatic N) is 1. The molecule has 0 saturated carbocycles. The average Bonchev–Trinajstić information content (AvgIpc) is 2.50. The summed E-state index contributed by atoms with van der Waals surface area (Å²) >= 11 is 0. The Morgan fingerprint density at radius 3 is 1.83 bits per heavy atom. The molecule has 0 aliphatic rings. The van der Waals surface area contributed by atoms with E-state index < -0.39 is 30.8 Å². The van der Waals surface area contributed by atoms with Crippen LogP contribution in [0.3, 0.4) is 0 Å². The number of aliphatic carboxylic acids is 2. The molecule has 24 heavy (non-hydrogen) atoms. The maximum absolute atomic E-state index is 11.6. The number of carboxylic acid groups (broad SMARTS) is 2. The number of hydrogen-bond donors (Lipinski definition) is 2. The fourth-order valence-corrected chi connectivity index (χ4v) is 3.48. The van der Waals surface area contributed by atoms with Gasteiger partial charge in [-0.3, -0.25) is 4.48 Å². The monoisotopic (exact) mass is 338 g/mol. The molecule has 3 unspecified atom stereocenters. The molecule has 0 rings (SSSR count). The van der Waals surface area contributed by atoms with Crippen LogP contribution in [0.2, 0.25) is 0 Å². The van der Waals surface area contributed by atoms with Crippen molar-refractivity contribution in [3.05, 3.63) is 0 Å². The van der Waals surface area contributed by atoms with Crippen molar-refractivity contribution < 1.29 is 48.3 Å². The van der Waals surface area contributed by atoms with Crippen molar-refractivity contribution in [1.29, 1.82) is 0 Å². The Labute approximate surface area is 158 Å². The predicted molar refractivity (Wildman–Crippen MR) is 86.4 cm³/mol. The van der Waals surface area contributed by atoms with Gasteiger partial charge in [-0.1, -0.05) is 46.5 Å². The predicted octanol–water partition coefficient (Wildman–Crippen LogP) is -1.49. The van der Waals surface area contributed by atoms with Crippen LogP contribution in [0, 0.1) is 0 Å². The van der Waals surface area contributed by atoms with Crippen molar-refractivity contribution in [1.82, 2.24) is 0 Å². The minimum atomic E-state index is -1.28. The molecule has 136 valence electrons. The molecule has 7 heteroatoms. The first-order valence-electron chi connectivity index (χ1n) is 8.82. The molecule has 0 aliphatic carbocycles. The summed E-state index contributed by atoms with van der Waals surface area (Å²) in [7, 11) is 0. The largest absolute Gasteiger partial charge is 1.00 e. The first kappa shape index (κ1) is 25.7. The van der Waals surface area contributed by atoms with Gasteiger partial charge in [0.05, 0.1) is 12.5 Å². The summed E-state index contributed by atoms with van der Waals surface area (Å²) in [5.41, 5.74) is 0. The van der Waals surface area contributed by atoms with E-state index in [1.54, 1.807) is 13.8 Å². The number of rotatable bonds is 14. The van der Waals surface area contributed by atoms with Crippen LogP contribution in [0.15, 0.2) is 0 Å². The van der Waals surface area contributed by atoms with Crippen LogP contribution in [0.5, 0.6) is 0 Å². The van der Waals surface area contributed by atoms with Gasteiger partial charge in [0.25, 0.3) is 0 Å². The van der Waals surface area contributed by atoms with Gasteiger partial charge in [-0.25, -0.2) is 4.79 Å². The molecule has 0 fully saturated rings. The molecule has 0 spiro atoms. The molecule has 0 aromatic carbocycles. The van der Waals surface area contributed by atoms with Gasteiger partial charge in [0, 0.05) is 12.8 Å². The van der Waals surface area contributed by atoms with Crippen molar-refractivity contribution in [2.45, 2.75) is 84.2 Å². The number of aliphatic hydroxyl groups excluding tert-OH is 1. The molecule has 3 atom stereocenters. The van der Waals surface area contributed by atoms with Gasteiger partial charge < -0.3 is 20.1 Å². The topological polar surface area (TPSA) is 97.7 Å². The van der Waals surface area contributed by atoms with Gasteiger partial charge in [-0.2, -0.15) is 0 Å². The van der Waals surface area contributed by atoms with E-state index >= 15 is 0 Å². The van der Waals surface area contributed by atoms with E-state index in [1.165, 1.54) is 6.42 Å². The second-order valence-corrected chi connectivity index (χ2v) is 6.24. The molecule has 0 saturated heterocycles. The molecule has 0 radical (unpaired) electrons. The molecule has 0 bridgehead atoms. The SMILES string of the molecule is CCCCCCCC[N+](CO)(C(CC)C(=O)[O-])C(CC)C(=O)O.[Li+]. The Morgan fingerprint density at radius 1 is 0.958 bits per heavy atom. The molecule has 0 amide bonds. The molecular formula is C17H33LiNO5+. The molecule has 2 N–H and O–H groups in total. The van der Waals surface area contributed by atoms with Crippen LogP contribution in [0.1, 0.15) is 72.1 Å². The number of quaternary nitrogens is 1. The van der Waals surface area contributed by atoms with Crippen LogP contribution >= 0.6 is 0 Å². The minimum absolute atomic E-state index is 0. The van der Waals surface area contributed by atoms with Gasteiger partial charge >= 0.3 is 24.8 Å². The van der Waals surface area contributed by atoms with Crippen molar-refractivity contribution in [3.8, 4) is 0 Å². The van der Waals surface area contributed by atoms with E-state index in [-0.39, 0.29) is 36.2 Å². The number of unbranched alkanes of at least 4 members (excludes halogenated alkanes) is 5. The average molecular weight is 338 g/mol. The molecular weight excluding hydrogens is 305 g/mol. The van der Waals surface area contributed by atoms with Gasteiger partial charge in [0.1, 0.15) is 6.04 Å². The maximum atomic E-state index is 11.6. The summed E-state index contributed by atoms with van der Waals surface area (Å²) < 4.78 is -0.335. The summed E-state index contributed by atoms with van der Waals surface area (Å²) in [4.78, 5) is 23.1. The van der Waals surface area contributed by atoms with Gasteiger partial charge in [0.15, 0.2) is 12.8 Å². The Kier molecular flexibility index (Phi) is 14.7. The van der Waals surface area contributed by atoms with Gasteiger partial charge in [-0.15, -0.1) is 0 Å². The summed E-state index contributed by atoms with van der Waals surface area (Å²) in [5.74, 6) is -2.35. The Morgan fingerprint density at radius 2 is 1.46 bits per heavy atom. The smallest absolute Gasteiger partial charge is 0.544 e. The van der Waals surface area contributed by atoms with Crippen LogP contribution in [-0.2, 0) is 9.59 Å². The van der Waals surface area contributed by atoms with E-state index in [9.17, 15) is 24.9 Å². The third-order valence-electron chi connectivity index (χ3n) is 4.76. The van der Waals surface area contributed by atoms with Crippen LogP contribution < -0.4 is 24.0 Å². The maximum Gasteiger partial charge on any atom is 1.00 e. The number of carbonyl (C=O) groups is 2. The summed E-state index contributed by atoms with van der Waals surface area (Å²) in [6, 6.07) is -1.94. The van der Waals surface area contributed by atoms with E-state index in [4.69, 9.17) is 0 Å². The Hall–Kier alpha value is -0.543. The van der Waals surface area contributed by atoms with E-state index in [0.717, 1.165) is 25.7 Å². The minimum Gasteiger partial charge on any atom is -0.544 e. The third-order valence-corrected chi connectivity index (χ3v) is 4.76. The number of carbonyl (C=O) groups excluding carboxylic acids is 1. The zero-order valence-corrected chi connectivity index (χ0v) is 15.8. The standard InChI is InChI=1S/C17H33NO5.Li/c1-4-7-8-9-10-11-12-18(13-19,14(5-2)16(20)21)15(6-3)17(22)23;/h14-15,19H,4-13H2,1-3H3,(H-,20,21,22,23);/q;+1. The molecule has 0 aromatic heterocycles. The fraction of sp³-hybridized carbons (Fsp3) is 0.882. The molecule has 0 aliphatic heterocycles. The van der Waals surface area contributed by atoms with Crippen molar-refractivity contribution in [3.63, 3.8) is 0 Å².